The van der Waals surface area contributed by atoms with Gasteiger partial charge in [-0.05, 0) is 49.3 Å². The van der Waals surface area contributed by atoms with Crippen molar-refractivity contribution in [2.24, 2.45) is 17.2 Å². The number of nitrogens with two attached hydrogens (primary N) is 2. The van der Waals surface area contributed by atoms with Crippen molar-refractivity contribution in [2.75, 3.05) is 12.3 Å². The molecule has 3 unspecified atom stereocenters. The van der Waals surface area contributed by atoms with Crippen LogP contribution in [0.15, 0.2) is 29.6 Å². The fourth-order valence-corrected chi connectivity index (χ4v) is 6.69. The van der Waals surface area contributed by atoms with Gasteiger partial charge in [-0.15, -0.1) is 11.3 Å². The summed E-state index contributed by atoms with van der Waals surface area (Å²) in [5, 5.41) is 5.21. The van der Waals surface area contributed by atoms with Crippen LogP contribution in [0.4, 0.5) is 5.69 Å². The van der Waals surface area contributed by atoms with Crippen LogP contribution < -0.4 is 22.3 Å². The molecule has 268 valence electrons. The summed E-state index contributed by atoms with van der Waals surface area (Å²) in [6.07, 6.45) is 6.83. The van der Waals surface area contributed by atoms with Crippen LogP contribution in [0.3, 0.4) is 0 Å². The lowest BCUT2D eigenvalue weighted by Gasteiger charge is -2.36. The molecule has 2 rings (SSSR count). The first-order valence-electron chi connectivity index (χ1n) is 17.3. The van der Waals surface area contributed by atoms with Crippen molar-refractivity contribution >= 4 is 40.7 Å². The van der Waals surface area contributed by atoms with Gasteiger partial charge in [0, 0.05) is 54.9 Å². The van der Waals surface area contributed by atoms with Gasteiger partial charge in [0.1, 0.15) is 10.7 Å². The van der Waals surface area contributed by atoms with Crippen LogP contribution in [0.5, 0.6) is 0 Å². The molecule has 0 spiro atoms. The lowest BCUT2D eigenvalue weighted by atomic mass is 9.83. The molecule has 2 aromatic rings. The summed E-state index contributed by atoms with van der Waals surface area (Å²) in [6, 6.07) is 6.76. The van der Waals surface area contributed by atoms with E-state index in [9.17, 15) is 19.2 Å². The molecular formula is C36H58N6O5S. The molecule has 0 fully saturated rings. The van der Waals surface area contributed by atoms with E-state index in [0.717, 1.165) is 44.1 Å². The van der Waals surface area contributed by atoms with Crippen molar-refractivity contribution < 1.29 is 23.9 Å². The number of ether oxygens (including phenoxy) is 1. The number of amides is 3. The standard InChI is InChI=1S/C36H58N6O5S/c1-8-10-12-13-19-42(32(44)14-11-9-2)30(24(3)4)21-31(47-25(5)43)34-40-29(23-48-34)33(45)39-28(22-36(6,7)35(46)41-38)20-26-15-17-27(37)18-16-26/h15-18,23-24,28,30-31H,8-14,19-22,37-38H2,1-7H3,(H,39,45)(H,41,46). The van der Waals surface area contributed by atoms with Crippen molar-refractivity contribution in [1.29, 1.82) is 0 Å². The van der Waals surface area contributed by atoms with E-state index in [1.807, 2.05) is 17.0 Å². The fourth-order valence-electron chi connectivity index (χ4n) is 5.85. The molecule has 0 saturated heterocycles. The number of carbonyl (C=O) groups excluding carboxylic acids is 4. The van der Waals surface area contributed by atoms with Gasteiger partial charge < -0.3 is 20.7 Å². The number of hydrazine groups is 1. The van der Waals surface area contributed by atoms with Crippen LogP contribution in [0.2, 0.25) is 0 Å². The van der Waals surface area contributed by atoms with Crippen LogP contribution in [0.25, 0.3) is 0 Å². The highest BCUT2D eigenvalue weighted by molar-refractivity contribution is 7.09. The van der Waals surface area contributed by atoms with Gasteiger partial charge in [-0.3, -0.25) is 24.6 Å². The van der Waals surface area contributed by atoms with E-state index in [-0.39, 0.29) is 29.5 Å². The number of anilines is 1. The molecule has 3 atom stereocenters. The smallest absolute Gasteiger partial charge is 0.303 e. The summed E-state index contributed by atoms with van der Waals surface area (Å²) < 4.78 is 5.81. The average Bonchev–Trinajstić information content (AvgIpc) is 3.53. The molecule has 1 aromatic carbocycles. The van der Waals surface area contributed by atoms with Crippen LogP contribution in [0, 0.1) is 11.3 Å². The monoisotopic (exact) mass is 686 g/mol. The minimum Gasteiger partial charge on any atom is -0.455 e. The number of nitrogens with zero attached hydrogens (tertiary/aromatic N) is 2. The topological polar surface area (TPSA) is 170 Å². The Morgan fingerprint density at radius 3 is 2.27 bits per heavy atom. The third-order valence-electron chi connectivity index (χ3n) is 8.58. The third kappa shape index (κ3) is 13.2. The number of benzene rings is 1. The minimum absolute atomic E-state index is 0.103. The van der Waals surface area contributed by atoms with Gasteiger partial charge in [0.25, 0.3) is 5.91 Å². The normalized spacial score (nSPS) is 13.4. The van der Waals surface area contributed by atoms with Gasteiger partial charge >= 0.3 is 5.97 Å². The second-order valence-corrected chi connectivity index (χ2v) is 14.5. The Labute approximate surface area is 290 Å². The molecule has 11 nitrogen and oxygen atoms in total. The lowest BCUT2D eigenvalue weighted by molar-refractivity contribution is -0.148. The van der Waals surface area contributed by atoms with E-state index < -0.39 is 29.4 Å². The number of hydrogen-bond donors (Lipinski definition) is 4. The van der Waals surface area contributed by atoms with E-state index in [1.165, 1.54) is 18.3 Å². The van der Waals surface area contributed by atoms with Gasteiger partial charge in [0.05, 0.1) is 0 Å². The number of esters is 1. The first-order valence-corrected chi connectivity index (χ1v) is 18.2. The van der Waals surface area contributed by atoms with Crippen molar-refractivity contribution in [3.8, 4) is 0 Å². The highest BCUT2D eigenvalue weighted by Gasteiger charge is 2.34. The Morgan fingerprint density at radius 2 is 1.69 bits per heavy atom. The molecule has 0 aliphatic heterocycles. The predicted molar refractivity (Wildman–Crippen MR) is 192 cm³/mol. The third-order valence-corrected chi connectivity index (χ3v) is 9.52. The number of carbonyl (C=O) groups is 4. The SMILES string of the molecule is CCCCCCN(C(=O)CCCC)C(CC(OC(C)=O)c1nc(C(=O)NC(Cc2ccc(N)cc2)CC(C)(C)C(=O)NN)cs1)C(C)C. The molecule has 1 aromatic heterocycles. The molecule has 12 heteroatoms. The van der Waals surface area contributed by atoms with Crippen molar-refractivity contribution in [3.05, 3.63) is 45.9 Å². The number of nitrogen functional groups attached to an aromatic ring is 1. The Morgan fingerprint density at radius 1 is 1.02 bits per heavy atom. The van der Waals surface area contributed by atoms with E-state index in [1.54, 1.807) is 31.4 Å². The number of thiazole rings is 1. The lowest BCUT2D eigenvalue weighted by Crippen LogP contribution is -2.46. The molecule has 48 heavy (non-hydrogen) atoms. The quantitative estimate of drug-likeness (QED) is 0.0305. The highest BCUT2D eigenvalue weighted by Crippen LogP contribution is 2.32. The van der Waals surface area contributed by atoms with Gasteiger partial charge in [0.2, 0.25) is 11.8 Å². The van der Waals surface area contributed by atoms with Gasteiger partial charge in [-0.25, -0.2) is 10.8 Å². The summed E-state index contributed by atoms with van der Waals surface area (Å²) in [5.74, 6) is 4.45. The Balaban J connectivity index is 2.35. The van der Waals surface area contributed by atoms with Gasteiger partial charge in [-0.2, -0.15) is 0 Å². The zero-order valence-corrected chi connectivity index (χ0v) is 30.8. The van der Waals surface area contributed by atoms with Crippen LogP contribution in [0.1, 0.15) is 133 Å². The van der Waals surface area contributed by atoms with Crippen LogP contribution in [-0.4, -0.2) is 52.2 Å². The number of rotatable bonds is 21. The Hall–Kier alpha value is -3.51. The summed E-state index contributed by atoms with van der Waals surface area (Å²) in [7, 11) is 0. The van der Waals surface area contributed by atoms with Crippen molar-refractivity contribution in [2.45, 2.75) is 131 Å². The molecule has 0 aliphatic carbocycles. The first kappa shape index (κ1) is 40.7. The molecule has 6 N–H and O–H groups in total. The maximum atomic E-state index is 13.6. The zero-order valence-electron chi connectivity index (χ0n) is 30.0. The van der Waals surface area contributed by atoms with E-state index in [4.69, 9.17) is 16.3 Å². The molecule has 0 bridgehead atoms. The number of nitrogens with one attached hydrogen (secondary N) is 2. The molecule has 1 heterocycles. The average molecular weight is 687 g/mol. The maximum Gasteiger partial charge on any atom is 0.303 e. The summed E-state index contributed by atoms with van der Waals surface area (Å²) in [5.41, 5.74) is 8.98. The predicted octanol–water partition coefficient (Wildman–Crippen LogP) is 6.09. The molecule has 3 amide bonds. The van der Waals surface area contributed by atoms with Crippen molar-refractivity contribution in [1.82, 2.24) is 20.6 Å². The van der Waals surface area contributed by atoms with E-state index in [0.29, 0.717) is 42.9 Å². The van der Waals surface area contributed by atoms with Gasteiger partial charge in [0.15, 0.2) is 6.10 Å². The largest absolute Gasteiger partial charge is 0.455 e. The maximum absolute atomic E-state index is 13.6. The number of aromatic nitrogens is 1. The summed E-state index contributed by atoms with van der Waals surface area (Å²) in [4.78, 5) is 58.5. The number of unbranched alkanes of at least 4 members (excludes halogenated alkanes) is 4. The molecular weight excluding hydrogens is 629 g/mol. The second-order valence-electron chi connectivity index (χ2n) is 13.6. The Bertz CT molecular complexity index is 1310. The van der Waals surface area contributed by atoms with E-state index >= 15 is 0 Å². The number of hydrogen-bond acceptors (Lipinski definition) is 9. The zero-order chi connectivity index (χ0) is 35.9. The van der Waals surface area contributed by atoms with E-state index in [2.05, 4.69) is 43.4 Å². The fraction of sp³-hybridized carbons (Fsp3) is 0.639. The second kappa shape index (κ2) is 20.1. The summed E-state index contributed by atoms with van der Waals surface area (Å²) >= 11 is 1.25. The van der Waals surface area contributed by atoms with Crippen LogP contribution in [-0.2, 0) is 25.5 Å². The van der Waals surface area contributed by atoms with Gasteiger partial charge in [-0.1, -0.05) is 79.4 Å². The molecule has 0 saturated carbocycles. The van der Waals surface area contributed by atoms with Crippen LogP contribution >= 0.6 is 11.3 Å². The summed E-state index contributed by atoms with van der Waals surface area (Å²) in [6.45, 7) is 13.9. The highest BCUT2D eigenvalue weighted by atomic mass is 32.1. The molecule has 0 aliphatic rings. The Kier molecular flexibility index (Phi) is 17.0. The van der Waals surface area contributed by atoms with Crippen molar-refractivity contribution in [3.63, 3.8) is 0 Å². The minimum atomic E-state index is -0.864. The molecule has 0 radical (unpaired) electrons. The first-order chi connectivity index (χ1) is 22.7.